The van der Waals surface area contributed by atoms with Crippen LogP contribution in [0.3, 0.4) is 0 Å². The fourth-order valence-corrected chi connectivity index (χ4v) is 5.06. The summed E-state index contributed by atoms with van der Waals surface area (Å²) in [4.78, 5) is 12.8. The summed E-state index contributed by atoms with van der Waals surface area (Å²) in [7, 11) is -2.74. The molecule has 10 heteroatoms. The molecule has 0 saturated carbocycles. The lowest BCUT2D eigenvalue weighted by Crippen LogP contribution is -2.48. The molecule has 2 heterocycles. The molecule has 0 unspecified atom stereocenters. The molecule has 184 valence electrons. The zero-order chi connectivity index (χ0) is 24.5. The molecule has 0 bridgehead atoms. The number of carbonyl (C=O) groups excluding carboxylic acids is 1. The zero-order valence-electron chi connectivity index (χ0n) is 19.4. The molecule has 2 fully saturated rings. The van der Waals surface area contributed by atoms with Crippen molar-refractivity contribution in [2.75, 3.05) is 13.7 Å². The number of hydrogen-bond donors (Lipinski definition) is 0. The molecule has 2 aliphatic rings. The maximum Gasteiger partial charge on any atom is 0.338 e. The predicted octanol–water partition coefficient (Wildman–Crippen LogP) is 2.82. The second kappa shape index (κ2) is 9.73. The Balaban J connectivity index is 1.62. The lowest BCUT2D eigenvalue weighted by molar-refractivity contribution is -0.221. The first-order chi connectivity index (χ1) is 16.1. The molecule has 0 aliphatic carbocycles. The van der Waals surface area contributed by atoms with Crippen LogP contribution in [0.4, 0.5) is 0 Å². The predicted molar refractivity (Wildman–Crippen MR) is 119 cm³/mol. The summed E-state index contributed by atoms with van der Waals surface area (Å²) in [6, 6.07) is 14.8. The van der Waals surface area contributed by atoms with Gasteiger partial charge in [-0.25, -0.2) is 4.79 Å². The van der Waals surface area contributed by atoms with Gasteiger partial charge in [-0.2, -0.15) is 8.42 Å². The van der Waals surface area contributed by atoms with Gasteiger partial charge in [-0.1, -0.05) is 35.9 Å². The number of methoxy groups -OCH3 is 1. The molecule has 0 N–H and O–H groups in total. The van der Waals surface area contributed by atoms with Crippen molar-refractivity contribution < 1.29 is 41.1 Å². The zero-order valence-corrected chi connectivity index (χ0v) is 20.2. The molecule has 0 spiro atoms. The maximum atomic E-state index is 13.0. The number of rotatable bonds is 6. The third-order valence-corrected chi connectivity index (χ3v) is 6.94. The summed E-state index contributed by atoms with van der Waals surface area (Å²) in [5.74, 6) is -1.69. The van der Waals surface area contributed by atoms with E-state index >= 15 is 0 Å². The van der Waals surface area contributed by atoms with E-state index in [1.165, 1.54) is 19.2 Å². The molecule has 2 aliphatic heterocycles. The van der Waals surface area contributed by atoms with Gasteiger partial charge in [0.2, 0.25) is 0 Å². The number of ether oxygens (including phenoxy) is 5. The van der Waals surface area contributed by atoms with E-state index in [4.69, 9.17) is 27.9 Å². The molecule has 0 amide bonds. The molecule has 0 radical (unpaired) electrons. The molecule has 2 aromatic rings. The highest BCUT2D eigenvalue weighted by atomic mass is 32.2. The molecule has 2 saturated heterocycles. The molecule has 0 aromatic heterocycles. The van der Waals surface area contributed by atoms with Crippen molar-refractivity contribution in [1.29, 1.82) is 0 Å². The highest BCUT2D eigenvalue weighted by molar-refractivity contribution is 7.86. The quantitative estimate of drug-likeness (QED) is 0.444. The minimum atomic E-state index is -4.14. The normalized spacial score (nSPS) is 28.6. The smallest absolute Gasteiger partial charge is 0.338 e. The summed E-state index contributed by atoms with van der Waals surface area (Å²) in [6.07, 6.45) is -4.97. The Morgan fingerprint density at radius 2 is 1.65 bits per heavy atom. The van der Waals surface area contributed by atoms with Gasteiger partial charge < -0.3 is 23.7 Å². The third kappa shape index (κ3) is 5.32. The Hall–Kier alpha value is -2.34. The molecular formula is C24H28O9S. The van der Waals surface area contributed by atoms with Gasteiger partial charge in [0.25, 0.3) is 10.1 Å². The minimum Gasteiger partial charge on any atom is -0.450 e. The van der Waals surface area contributed by atoms with Gasteiger partial charge >= 0.3 is 5.97 Å². The molecule has 9 nitrogen and oxygen atoms in total. The van der Waals surface area contributed by atoms with Crippen LogP contribution < -0.4 is 0 Å². The Morgan fingerprint density at radius 1 is 1.00 bits per heavy atom. The Labute approximate surface area is 199 Å². The monoisotopic (exact) mass is 492 g/mol. The van der Waals surface area contributed by atoms with Crippen molar-refractivity contribution in [2.24, 2.45) is 0 Å². The van der Waals surface area contributed by atoms with Crippen molar-refractivity contribution in [3.05, 3.63) is 65.7 Å². The number of benzene rings is 2. The summed E-state index contributed by atoms with van der Waals surface area (Å²) in [6.45, 7) is 5.04. The third-order valence-electron chi connectivity index (χ3n) is 5.59. The van der Waals surface area contributed by atoms with E-state index in [9.17, 15) is 13.2 Å². The number of aryl methyl sites for hydroxylation is 1. The Morgan fingerprint density at radius 3 is 2.29 bits per heavy atom. The van der Waals surface area contributed by atoms with E-state index in [0.717, 1.165) is 5.56 Å². The number of hydrogen-bond acceptors (Lipinski definition) is 9. The van der Waals surface area contributed by atoms with Crippen LogP contribution in [-0.4, -0.2) is 64.6 Å². The lowest BCUT2D eigenvalue weighted by atomic mass is 10.0. The number of carbonyl (C=O) groups is 1. The first kappa shape index (κ1) is 24.8. The first-order valence-corrected chi connectivity index (χ1v) is 12.3. The topological polar surface area (TPSA) is 107 Å². The van der Waals surface area contributed by atoms with E-state index < -0.39 is 52.6 Å². The second-order valence-corrected chi connectivity index (χ2v) is 10.2. The first-order valence-electron chi connectivity index (χ1n) is 10.9. The Bertz CT molecular complexity index is 1100. The highest BCUT2D eigenvalue weighted by Gasteiger charge is 2.56. The SMILES string of the molecule is CO[C@@H]1OC[C@@H](OS(=O)(=O)c2ccc(C)cc2)[C@H]2OC(C)(C)O[C@@H]2[C@H]1OC(=O)c1ccccc1. The summed E-state index contributed by atoms with van der Waals surface area (Å²) in [5.41, 5.74) is 1.25. The molecular weight excluding hydrogens is 464 g/mol. The summed E-state index contributed by atoms with van der Waals surface area (Å²) in [5, 5.41) is 0. The Kier molecular flexibility index (Phi) is 7.09. The number of fused-ring (bicyclic) bond motifs is 1. The van der Waals surface area contributed by atoms with Gasteiger partial charge in [0.15, 0.2) is 18.2 Å². The van der Waals surface area contributed by atoms with Gasteiger partial charge in [0, 0.05) is 7.11 Å². The van der Waals surface area contributed by atoms with Crippen molar-refractivity contribution >= 4 is 16.1 Å². The molecule has 5 atom stereocenters. The number of esters is 1. The van der Waals surface area contributed by atoms with Crippen LogP contribution in [0, 0.1) is 6.92 Å². The van der Waals surface area contributed by atoms with Crippen LogP contribution in [0.1, 0.15) is 29.8 Å². The van der Waals surface area contributed by atoms with Crippen LogP contribution >= 0.6 is 0 Å². The van der Waals surface area contributed by atoms with Crippen LogP contribution in [-0.2, 0) is 38.0 Å². The van der Waals surface area contributed by atoms with Crippen molar-refractivity contribution in [2.45, 2.75) is 62.2 Å². The average molecular weight is 493 g/mol. The maximum absolute atomic E-state index is 13.0. The lowest BCUT2D eigenvalue weighted by Gasteiger charge is -2.29. The summed E-state index contributed by atoms with van der Waals surface area (Å²) >= 11 is 0. The molecule has 34 heavy (non-hydrogen) atoms. The van der Waals surface area contributed by atoms with Crippen molar-refractivity contribution in [1.82, 2.24) is 0 Å². The molecule has 4 rings (SSSR count). The van der Waals surface area contributed by atoms with E-state index in [1.807, 2.05) is 6.92 Å². The van der Waals surface area contributed by atoms with Gasteiger partial charge in [-0.3, -0.25) is 4.18 Å². The van der Waals surface area contributed by atoms with Gasteiger partial charge in [0.1, 0.15) is 18.3 Å². The van der Waals surface area contributed by atoms with Crippen LogP contribution in [0.2, 0.25) is 0 Å². The van der Waals surface area contributed by atoms with E-state index in [0.29, 0.717) is 5.56 Å². The standard InChI is InChI=1S/C24H28O9S/c1-15-10-12-17(13-11-15)34(26,27)33-18-14-29-23(28-4)21(20-19(18)31-24(2,3)32-20)30-22(25)16-8-6-5-7-9-16/h5-13,18-21,23H,14H2,1-4H3/t18-,19-,20+,21-,23-/m1/s1. The van der Waals surface area contributed by atoms with Crippen LogP contribution in [0.5, 0.6) is 0 Å². The van der Waals surface area contributed by atoms with Gasteiger partial charge in [-0.05, 0) is 45.0 Å². The van der Waals surface area contributed by atoms with Crippen LogP contribution in [0.25, 0.3) is 0 Å². The van der Waals surface area contributed by atoms with Gasteiger partial charge in [-0.15, -0.1) is 0 Å². The van der Waals surface area contributed by atoms with Crippen molar-refractivity contribution in [3.63, 3.8) is 0 Å². The van der Waals surface area contributed by atoms with Crippen molar-refractivity contribution in [3.8, 4) is 0 Å². The second-order valence-electron chi connectivity index (χ2n) is 8.64. The molecule has 2 aromatic carbocycles. The summed E-state index contributed by atoms with van der Waals surface area (Å²) < 4.78 is 60.5. The van der Waals surface area contributed by atoms with E-state index in [2.05, 4.69) is 0 Å². The average Bonchev–Trinajstić information content (AvgIpc) is 3.07. The van der Waals surface area contributed by atoms with Gasteiger partial charge in [0.05, 0.1) is 17.1 Å². The van der Waals surface area contributed by atoms with E-state index in [1.54, 1.807) is 56.3 Å². The highest BCUT2D eigenvalue weighted by Crippen LogP contribution is 2.38. The van der Waals surface area contributed by atoms with Crippen LogP contribution in [0.15, 0.2) is 59.5 Å². The van der Waals surface area contributed by atoms with E-state index in [-0.39, 0.29) is 11.5 Å². The largest absolute Gasteiger partial charge is 0.450 e. The minimum absolute atomic E-state index is 0.00687. The fourth-order valence-electron chi connectivity index (χ4n) is 3.99. The fraction of sp³-hybridized carbons (Fsp3) is 0.458.